The molecule has 2 fully saturated rings. The van der Waals surface area contributed by atoms with Gasteiger partial charge >= 0.3 is 0 Å². The summed E-state index contributed by atoms with van der Waals surface area (Å²) < 4.78 is 32.9. The molecule has 2 aliphatic carbocycles. The first-order valence-electron chi connectivity index (χ1n) is 9.98. The maximum Gasteiger partial charge on any atom is 0.264 e. The summed E-state index contributed by atoms with van der Waals surface area (Å²) in [6, 6.07) is 15.1. The molecule has 2 saturated carbocycles. The maximum absolute atomic E-state index is 13.3. The predicted molar refractivity (Wildman–Crippen MR) is 111 cm³/mol. The first kappa shape index (κ1) is 19.8. The van der Waals surface area contributed by atoms with Crippen LogP contribution in [-0.4, -0.2) is 34.0 Å². The molecule has 2 aromatic carbocycles. The van der Waals surface area contributed by atoms with Crippen molar-refractivity contribution in [1.82, 2.24) is 5.32 Å². The number of methoxy groups -OCH3 is 1. The standard InChI is InChI=1S/C22H26N2O4S/c1-28-19-11-9-18(10-12-19)24(29(26,27)20-5-3-2-4-6-20)15-22(25)23-21-14-16-7-8-17(21)13-16/h2-6,9-12,16-17,21H,7-8,13-15H2,1H3,(H,23,25)/t16-,17+,21+/m0/s1. The van der Waals surface area contributed by atoms with Gasteiger partial charge in [-0.1, -0.05) is 24.6 Å². The summed E-state index contributed by atoms with van der Waals surface area (Å²) in [6.45, 7) is -0.253. The zero-order chi connectivity index (χ0) is 20.4. The third-order valence-electron chi connectivity index (χ3n) is 6.06. The third kappa shape index (κ3) is 4.10. The fraction of sp³-hybridized carbons (Fsp3) is 0.409. The van der Waals surface area contributed by atoms with E-state index in [2.05, 4.69) is 5.32 Å². The second-order valence-corrected chi connectivity index (χ2v) is 9.73. The van der Waals surface area contributed by atoms with Gasteiger partial charge in [-0.2, -0.15) is 0 Å². The number of anilines is 1. The molecule has 0 saturated heterocycles. The minimum Gasteiger partial charge on any atom is -0.497 e. The van der Waals surface area contributed by atoms with Gasteiger partial charge in [0.25, 0.3) is 10.0 Å². The highest BCUT2D eigenvalue weighted by Crippen LogP contribution is 2.44. The lowest BCUT2D eigenvalue weighted by molar-refractivity contribution is -0.120. The molecule has 3 atom stereocenters. The Bertz CT molecular complexity index is 960. The Hall–Kier alpha value is -2.54. The van der Waals surface area contributed by atoms with Crippen LogP contribution in [0.1, 0.15) is 25.7 Å². The molecule has 0 spiro atoms. The smallest absolute Gasteiger partial charge is 0.264 e. The molecule has 29 heavy (non-hydrogen) atoms. The molecule has 1 amide bonds. The second-order valence-electron chi connectivity index (χ2n) is 7.87. The first-order valence-corrected chi connectivity index (χ1v) is 11.4. The van der Waals surface area contributed by atoms with Crippen molar-refractivity contribution in [2.75, 3.05) is 18.0 Å². The number of amides is 1. The molecule has 4 rings (SSSR count). The number of nitrogens with zero attached hydrogens (tertiary/aromatic N) is 1. The van der Waals surface area contributed by atoms with Crippen LogP contribution in [0.5, 0.6) is 5.75 Å². The quantitative estimate of drug-likeness (QED) is 0.755. The molecule has 154 valence electrons. The molecule has 0 radical (unpaired) electrons. The monoisotopic (exact) mass is 414 g/mol. The molecule has 0 aromatic heterocycles. The number of hydrogen-bond acceptors (Lipinski definition) is 4. The normalized spacial score (nSPS) is 23.0. The van der Waals surface area contributed by atoms with E-state index in [4.69, 9.17) is 4.74 Å². The van der Waals surface area contributed by atoms with Gasteiger partial charge in [0.05, 0.1) is 17.7 Å². The molecule has 0 heterocycles. The van der Waals surface area contributed by atoms with E-state index < -0.39 is 10.0 Å². The van der Waals surface area contributed by atoms with E-state index in [0.29, 0.717) is 23.3 Å². The van der Waals surface area contributed by atoms with Gasteiger partial charge in [0.1, 0.15) is 12.3 Å². The number of carbonyl (C=O) groups excluding carboxylic acids is 1. The lowest BCUT2D eigenvalue weighted by Gasteiger charge is -2.27. The fourth-order valence-electron chi connectivity index (χ4n) is 4.59. The lowest BCUT2D eigenvalue weighted by Crippen LogP contribution is -2.45. The number of sulfonamides is 1. The van der Waals surface area contributed by atoms with Crippen LogP contribution in [0.4, 0.5) is 5.69 Å². The number of nitrogens with one attached hydrogen (secondary N) is 1. The van der Waals surface area contributed by atoms with Gasteiger partial charge in [0.2, 0.25) is 5.91 Å². The largest absolute Gasteiger partial charge is 0.497 e. The average Bonchev–Trinajstić information content (AvgIpc) is 3.36. The van der Waals surface area contributed by atoms with Crippen LogP contribution < -0.4 is 14.4 Å². The van der Waals surface area contributed by atoms with Gasteiger partial charge in [-0.25, -0.2) is 8.42 Å². The zero-order valence-electron chi connectivity index (χ0n) is 16.5. The van der Waals surface area contributed by atoms with Gasteiger partial charge in [-0.15, -0.1) is 0 Å². The topological polar surface area (TPSA) is 75.7 Å². The van der Waals surface area contributed by atoms with E-state index in [-0.39, 0.29) is 23.4 Å². The van der Waals surface area contributed by atoms with E-state index in [9.17, 15) is 13.2 Å². The minimum atomic E-state index is -3.88. The number of carbonyl (C=O) groups is 1. The van der Waals surface area contributed by atoms with Crippen LogP contribution in [0.3, 0.4) is 0 Å². The summed E-state index contributed by atoms with van der Waals surface area (Å²) in [5.41, 5.74) is 0.428. The van der Waals surface area contributed by atoms with Crippen molar-refractivity contribution in [2.45, 2.75) is 36.6 Å². The van der Waals surface area contributed by atoms with E-state index in [1.165, 1.54) is 17.1 Å². The van der Waals surface area contributed by atoms with Gasteiger partial charge in [-0.3, -0.25) is 9.10 Å². The highest BCUT2D eigenvalue weighted by Gasteiger charge is 2.40. The highest BCUT2D eigenvalue weighted by atomic mass is 32.2. The fourth-order valence-corrected chi connectivity index (χ4v) is 6.03. The summed E-state index contributed by atoms with van der Waals surface area (Å²) >= 11 is 0. The maximum atomic E-state index is 13.3. The molecule has 1 N–H and O–H groups in total. The highest BCUT2D eigenvalue weighted by molar-refractivity contribution is 7.92. The number of rotatable bonds is 7. The molecular formula is C22H26N2O4S. The number of benzene rings is 2. The molecule has 2 bridgehead atoms. The summed E-state index contributed by atoms with van der Waals surface area (Å²) in [7, 11) is -2.33. The van der Waals surface area contributed by atoms with Crippen molar-refractivity contribution >= 4 is 21.6 Å². The van der Waals surface area contributed by atoms with E-state index in [0.717, 1.165) is 12.8 Å². The van der Waals surface area contributed by atoms with Crippen LogP contribution in [0.25, 0.3) is 0 Å². The molecule has 6 nitrogen and oxygen atoms in total. The number of hydrogen-bond donors (Lipinski definition) is 1. The van der Waals surface area contributed by atoms with Gasteiger partial charge in [0.15, 0.2) is 0 Å². The van der Waals surface area contributed by atoms with Crippen molar-refractivity contribution < 1.29 is 17.9 Å². The molecular weight excluding hydrogens is 388 g/mol. The van der Waals surface area contributed by atoms with Crippen molar-refractivity contribution in [2.24, 2.45) is 11.8 Å². The van der Waals surface area contributed by atoms with Crippen molar-refractivity contribution in [3.05, 3.63) is 54.6 Å². The van der Waals surface area contributed by atoms with Crippen LogP contribution in [-0.2, 0) is 14.8 Å². The van der Waals surface area contributed by atoms with Gasteiger partial charge < -0.3 is 10.1 Å². The summed E-state index contributed by atoms with van der Waals surface area (Å²) in [5.74, 6) is 1.59. The Morgan fingerprint density at radius 3 is 2.38 bits per heavy atom. The summed E-state index contributed by atoms with van der Waals surface area (Å²) in [4.78, 5) is 13.0. The summed E-state index contributed by atoms with van der Waals surface area (Å²) in [5, 5.41) is 3.09. The third-order valence-corrected chi connectivity index (χ3v) is 7.85. The second kappa shape index (κ2) is 8.06. The molecule has 7 heteroatoms. The SMILES string of the molecule is COc1ccc(N(CC(=O)N[C@@H]2C[C@H]3CC[C@@H]2C3)S(=O)(=O)c2ccccc2)cc1. The Morgan fingerprint density at radius 1 is 1.07 bits per heavy atom. The van der Waals surface area contributed by atoms with Crippen molar-refractivity contribution in [3.63, 3.8) is 0 Å². The molecule has 2 aromatic rings. The van der Waals surface area contributed by atoms with Crippen LogP contribution in [0.2, 0.25) is 0 Å². The van der Waals surface area contributed by atoms with E-state index >= 15 is 0 Å². The first-order chi connectivity index (χ1) is 14.0. The van der Waals surface area contributed by atoms with Crippen LogP contribution in [0.15, 0.2) is 59.5 Å². The van der Waals surface area contributed by atoms with Gasteiger partial charge in [-0.05, 0) is 67.5 Å². The average molecular weight is 415 g/mol. The zero-order valence-corrected chi connectivity index (χ0v) is 17.3. The number of fused-ring (bicyclic) bond motifs is 2. The molecule has 0 unspecified atom stereocenters. The summed E-state index contributed by atoms with van der Waals surface area (Å²) in [6.07, 6.45) is 4.58. The Balaban J connectivity index is 1.58. The Labute approximate surface area is 171 Å². The van der Waals surface area contributed by atoms with Crippen molar-refractivity contribution in [1.29, 1.82) is 0 Å². The number of ether oxygens (including phenoxy) is 1. The molecule has 2 aliphatic rings. The van der Waals surface area contributed by atoms with Crippen LogP contribution >= 0.6 is 0 Å². The van der Waals surface area contributed by atoms with Crippen LogP contribution in [0, 0.1) is 11.8 Å². The predicted octanol–water partition coefficient (Wildman–Crippen LogP) is 3.20. The van der Waals surface area contributed by atoms with Crippen molar-refractivity contribution in [3.8, 4) is 5.75 Å². The Morgan fingerprint density at radius 2 is 1.79 bits per heavy atom. The molecule has 0 aliphatic heterocycles. The lowest BCUT2D eigenvalue weighted by atomic mass is 9.95. The minimum absolute atomic E-state index is 0.156. The van der Waals surface area contributed by atoms with Gasteiger partial charge in [0, 0.05) is 6.04 Å². The van der Waals surface area contributed by atoms with E-state index in [1.807, 2.05) is 0 Å². The van der Waals surface area contributed by atoms with E-state index in [1.54, 1.807) is 61.7 Å². The Kier molecular flexibility index (Phi) is 5.50.